The topological polar surface area (TPSA) is 104 Å². The van der Waals surface area contributed by atoms with Gasteiger partial charge in [-0.3, -0.25) is 19.2 Å². The zero-order valence-corrected chi connectivity index (χ0v) is 16.5. The van der Waals surface area contributed by atoms with Crippen LogP contribution in [-0.2, 0) is 19.2 Å². The van der Waals surface area contributed by atoms with E-state index in [1.165, 1.54) is 0 Å². The molecule has 0 aliphatic heterocycles. The third kappa shape index (κ3) is 14.4. The smallest absolute Gasteiger partial charge is 0.220 e. The second-order valence-corrected chi connectivity index (χ2v) is 6.73. The van der Waals surface area contributed by atoms with Crippen LogP contribution in [-0.4, -0.2) is 43.1 Å². The largest absolute Gasteiger partial charge is 0.356 e. The van der Waals surface area contributed by atoms with Gasteiger partial charge in [-0.05, 0) is 25.7 Å². The van der Waals surface area contributed by atoms with Gasteiger partial charge in [0, 0.05) is 51.2 Å². The second-order valence-electron chi connectivity index (χ2n) is 6.73. The number of rotatable bonds is 15. The second kappa shape index (κ2) is 15.3. The number of nitrogens with one attached hydrogen (secondary N) is 3. The number of hydrogen-bond donors (Lipinski definition) is 3. The van der Waals surface area contributed by atoms with E-state index < -0.39 is 0 Å². The molecule has 7 heteroatoms. The average molecular weight is 370 g/mol. The lowest BCUT2D eigenvalue weighted by atomic mass is 10.0. The molecule has 0 heterocycles. The summed E-state index contributed by atoms with van der Waals surface area (Å²) < 4.78 is 0. The van der Waals surface area contributed by atoms with E-state index in [-0.39, 0.29) is 29.4 Å². The van der Waals surface area contributed by atoms with Gasteiger partial charge in [0.1, 0.15) is 5.78 Å². The Kier molecular flexibility index (Phi) is 14.2. The van der Waals surface area contributed by atoms with E-state index >= 15 is 0 Å². The molecule has 7 nitrogen and oxygen atoms in total. The fraction of sp³-hybridized carbons (Fsp3) is 0.789. The van der Waals surface area contributed by atoms with Crippen molar-refractivity contribution >= 4 is 23.5 Å². The summed E-state index contributed by atoms with van der Waals surface area (Å²) in [6, 6.07) is 0. The van der Waals surface area contributed by atoms with Gasteiger partial charge in [0.25, 0.3) is 0 Å². The first-order valence-electron chi connectivity index (χ1n) is 9.69. The highest BCUT2D eigenvalue weighted by molar-refractivity contribution is 5.81. The van der Waals surface area contributed by atoms with E-state index in [0.29, 0.717) is 64.6 Å². The quantitative estimate of drug-likeness (QED) is 0.382. The number of hydrogen-bond acceptors (Lipinski definition) is 4. The zero-order chi connectivity index (χ0) is 19.8. The molecular formula is C19H35N3O4. The molecule has 150 valence electrons. The van der Waals surface area contributed by atoms with Crippen LogP contribution < -0.4 is 16.0 Å². The summed E-state index contributed by atoms with van der Waals surface area (Å²) in [7, 11) is 0. The summed E-state index contributed by atoms with van der Waals surface area (Å²) >= 11 is 0. The Morgan fingerprint density at radius 1 is 0.654 bits per heavy atom. The molecule has 0 aromatic heterocycles. The van der Waals surface area contributed by atoms with Crippen molar-refractivity contribution in [3.63, 3.8) is 0 Å². The molecule has 0 aliphatic rings. The van der Waals surface area contributed by atoms with Gasteiger partial charge in [0.2, 0.25) is 17.7 Å². The van der Waals surface area contributed by atoms with Crippen LogP contribution in [0.25, 0.3) is 0 Å². The van der Waals surface area contributed by atoms with Crippen LogP contribution in [0.5, 0.6) is 0 Å². The van der Waals surface area contributed by atoms with Crippen LogP contribution in [0, 0.1) is 5.92 Å². The van der Waals surface area contributed by atoms with Crippen molar-refractivity contribution in [2.24, 2.45) is 5.92 Å². The molecule has 0 atom stereocenters. The standard InChI is InChI=1S/C19H35N3O4/c1-4-12-20-18(25)10-6-14-22-19(26)11-7-13-21-17(24)9-5-8-16(23)15(2)3/h15H,4-14H2,1-3H3,(H,20,25)(H,21,24)(H,22,26). The van der Waals surface area contributed by atoms with Gasteiger partial charge in [-0.25, -0.2) is 0 Å². The normalized spacial score (nSPS) is 10.5. The van der Waals surface area contributed by atoms with E-state index in [1.54, 1.807) is 0 Å². The number of carbonyl (C=O) groups is 4. The van der Waals surface area contributed by atoms with Gasteiger partial charge >= 0.3 is 0 Å². The van der Waals surface area contributed by atoms with E-state index in [1.807, 2.05) is 20.8 Å². The molecule has 0 aromatic rings. The fourth-order valence-corrected chi connectivity index (χ4v) is 2.19. The molecule has 0 aliphatic carbocycles. The molecule has 0 unspecified atom stereocenters. The van der Waals surface area contributed by atoms with E-state index in [4.69, 9.17) is 0 Å². The first-order valence-corrected chi connectivity index (χ1v) is 9.69. The summed E-state index contributed by atoms with van der Waals surface area (Å²) in [5, 5.41) is 8.32. The minimum Gasteiger partial charge on any atom is -0.356 e. The van der Waals surface area contributed by atoms with Crippen LogP contribution >= 0.6 is 0 Å². The Labute approximate surface area is 157 Å². The number of Topliss-reactive ketones (excluding diaryl/α,β-unsaturated/α-hetero) is 1. The zero-order valence-electron chi connectivity index (χ0n) is 16.5. The minimum absolute atomic E-state index is 0.0129. The molecule has 0 spiro atoms. The summed E-state index contributed by atoms with van der Waals surface area (Å²) in [6.45, 7) is 7.32. The van der Waals surface area contributed by atoms with Crippen molar-refractivity contribution in [3.8, 4) is 0 Å². The van der Waals surface area contributed by atoms with Crippen LogP contribution in [0.3, 0.4) is 0 Å². The molecular weight excluding hydrogens is 334 g/mol. The number of amides is 3. The average Bonchev–Trinajstić information content (AvgIpc) is 2.60. The number of carbonyl (C=O) groups excluding carboxylic acids is 4. The molecule has 0 bridgehead atoms. The highest BCUT2D eigenvalue weighted by Gasteiger charge is 2.08. The molecule has 0 rings (SSSR count). The molecule has 0 fully saturated rings. The van der Waals surface area contributed by atoms with Crippen LogP contribution in [0.1, 0.15) is 72.1 Å². The van der Waals surface area contributed by atoms with Crippen LogP contribution in [0.15, 0.2) is 0 Å². The first kappa shape index (κ1) is 24.1. The molecule has 0 saturated carbocycles. The maximum Gasteiger partial charge on any atom is 0.220 e. The van der Waals surface area contributed by atoms with Gasteiger partial charge in [-0.15, -0.1) is 0 Å². The molecule has 3 N–H and O–H groups in total. The van der Waals surface area contributed by atoms with Crippen molar-refractivity contribution in [2.45, 2.75) is 72.1 Å². The van der Waals surface area contributed by atoms with Crippen molar-refractivity contribution in [1.29, 1.82) is 0 Å². The van der Waals surface area contributed by atoms with Crippen molar-refractivity contribution < 1.29 is 19.2 Å². The highest BCUT2D eigenvalue weighted by Crippen LogP contribution is 2.04. The summed E-state index contributed by atoms with van der Waals surface area (Å²) in [6.07, 6.45) is 4.19. The van der Waals surface area contributed by atoms with Gasteiger partial charge in [-0.1, -0.05) is 20.8 Å². The Hall–Kier alpha value is -1.92. The summed E-state index contributed by atoms with van der Waals surface area (Å²) in [4.78, 5) is 46.1. The number of ketones is 1. The molecule has 26 heavy (non-hydrogen) atoms. The van der Waals surface area contributed by atoms with E-state index in [0.717, 1.165) is 6.42 Å². The Bertz CT molecular complexity index is 450. The maximum absolute atomic E-state index is 11.7. The lowest BCUT2D eigenvalue weighted by Crippen LogP contribution is -2.29. The van der Waals surface area contributed by atoms with Crippen molar-refractivity contribution in [2.75, 3.05) is 19.6 Å². The molecule has 0 radical (unpaired) electrons. The van der Waals surface area contributed by atoms with Gasteiger partial charge in [-0.2, -0.15) is 0 Å². The fourth-order valence-electron chi connectivity index (χ4n) is 2.19. The van der Waals surface area contributed by atoms with Crippen molar-refractivity contribution in [1.82, 2.24) is 16.0 Å². The third-order valence-corrected chi connectivity index (χ3v) is 3.85. The SMILES string of the molecule is CCCNC(=O)CCCNC(=O)CCCNC(=O)CCCC(=O)C(C)C. The molecule has 3 amide bonds. The van der Waals surface area contributed by atoms with Crippen molar-refractivity contribution in [3.05, 3.63) is 0 Å². The third-order valence-electron chi connectivity index (χ3n) is 3.85. The summed E-state index contributed by atoms with van der Waals surface area (Å²) in [5.41, 5.74) is 0. The van der Waals surface area contributed by atoms with Crippen LogP contribution in [0.4, 0.5) is 0 Å². The lowest BCUT2D eigenvalue weighted by molar-refractivity contribution is -0.124. The Balaban J connectivity index is 3.54. The lowest BCUT2D eigenvalue weighted by Gasteiger charge is -2.07. The Morgan fingerprint density at radius 3 is 1.50 bits per heavy atom. The van der Waals surface area contributed by atoms with Gasteiger partial charge in [0.15, 0.2) is 0 Å². The Morgan fingerprint density at radius 2 is 1.08 bits per heavy atom. The molecule has 0 aromatic carbocycles. The summed E-state index contributed by atoms with van der Waals surface area (Å²) in [5.74, 6) is 0.0503. The predicted molar refractivity (Wildman–Crippen MR) is 101 cm³/mol. The van der Waals surface area contributed by atoms with Gasteiger partial charge < -0.3 is 16.0 Å². The predicted octanol–water partition coefficient (Wildman–Crippen LogP) is 1.70. The minimum atomic E-state index is -0.0833. The monoisotopic (exact) mass is 369 g/mol. The first-order chi connectivity index (χ1) is 12.4. The van der Waals surface area contributed by atoms with E-state index in [9.17, 15) is 19.2 Å². The molecule has 0 saturated heterocycles. The van der Waals surface area contributed by atoms with Crippen LogP contribution in [0.2, 0.25) is 0 Å². The van der Waals surface area contributed by atoms with Gasteiger partial charge in [0.05, 0.1) is 0 Å². The maximum atomic E-state index is 11.7. The van der Waals surface area contributed by atoms with E-state index in [2.05, 4.69) is 16.0 Å². The highest BCUT2D eigenvalue weighted by atomic mass is 16.2.